The number of nitrogens with zero attached hydrogens (tertiary/aromatic N) is 2. The summed E-state index contributed by atoms with van der Waals surface area (Å²) in [5, 5.41) is 7.64. The molecule has 2 fully saturated rings. The van der Waals surface area contributed by atoms with Crippen LogP contribution in [0.5, 0.6) is 0 Å². The Balaban J connectivity index is 1.47. The van der Waals surface area contributed by atoms with Crippen molar-refractivity contribution in [2.45, 2.75) is 25.4 Å². The Morgan fingerprint density at radius 1 is 1.14 bits per heavy atom. The molecule has 3 heterocycles. The Hall–Kier alpha value is -2.71. The fraction of sp³-hybridized carbons (Fsp3) is 0.381. The van der Waals surface area contributed by atoms with E-state index in [9.17, 15) is 14.4 Å². The highest BCUT2D eigenvalue weighted by Crippen LogP contribution is 2.28. The zero-order chi connectivity index (χ0) is 20.2. The van der Waals surface area contributed by atoms with Crippen molar-refractivity contribution >= 4 is 29.2 Å². The molecule has 0 unspecified atom stereocenters. The average molecular weight is 413 g/mol. The van der Waals surface area contributed by atoms with Gasteiger partial charge in [0, 0.05) is 17.0 Å². The lowest BCUT2D eigenvalue weighted by atomic mass is 10.1. The minimum Gasteiger partial charge on any atom is -0.350 e. The van der Waals surface area contributed by atoms with E-state index in [0.717, 1.165) is 18.0 Å². The second kappa shape index (κ2) is 8.75. The van der Waals surface area contributed by atoms with Crippen molar-refractivity contribution < 1.29 is 14.4 Å². The predicted octanol–water partition coefficient (Wildman–Crippen LogP) is 2.37. The predicted molar refractivity (Wildman–Crippen MR) is 111 cm³/mol. The van der Waals surface area contributed by atoms with Gasteiger partial charge in [-0.15, -0.1) is 11.3 Å². The third-order valence-corrected chi connectivity index (χ3v) is 6.41. The molecule has 4 rings (SSSR count). The molecule has 1 aromatic carbocycles. The van der Waals surface area contributed by atoms with Gasteiger partial charge in [-0.3, -0.25) is 19.4 Å². The van der Waals surface area contributed by atoms with Gasteiger partial charge in [-0.05, 0) is 49.0 Å². The largest absolute Gasteiger partial charge is 0.350 e. The summed E-state index contributed by atoms with van der Waals surface area (Å²) < 4.78 is 0. The van der Waals surface area contributed by atoms with Gasteiger partial charge >= 0.3 is 6.03 Å². The molecule has 2 aromatic rings. The zero-order valence-electron chi connectivity index (χ0n) is 16.1. The van der Waals surface area contributed by atoms with E-state index in [1.807, 2.05) is 12.1 Å². The molecule has 0 spiro atoms. The van der Waals surface area contributed by atoms with E-state index in [-0.39, 0.29) is 30.9 Å². The molecular weight excluding hydrogens is 388 g/mol. The van der Waals surface area contributed by atoms with Gasteiger partial charge in [0.25, 0.3) is 5.91 Å². The third kappa shape index (κ3) is 4.33. The molecule has 4 amide bonds. The molecule has 0 radical (unpaired) electrons. The van der Waals surface area contributed by atoms with E-state index in [1.165, 1.54) is 17.7 Å². The van der Waals surface area contributed by atoms with Crippen LogP contribution in [0.15, 0.2) is 41.8 Å². The van der Waals surface area contributed by atoms with Gasteiger partial charge in [0.05, 0.1) is 19.1 Å². The van der Waals surface area contributed by atoms with Gasteiger partial charge in [-0.2, -0.15) is 0 Å². The maximum absolute atomic E-state index is 13.0. The highest BCUT2D eigenvalue weighted by molar-refractivity contribution is 7.10. The molecule has 1 aromatic heterocycles. The molecule has 2 aliphatic rings. The number of imide groups is 1. The van der Waals surface area contributed by atoms with Crippen LogP contribution in [0.4, 0.5) is 4.79 Å². The second-order valence-electron chi connectivity index (χ2n) is 7.28. The van der Waals surface area contributed by atoms with Gasteiger partial charge < -0.3 is 10.6 Å². The Morgan fingerprint density at radius 2 is 1.93 bits per heavy atom. The Kier molecular flexibility index (Phi) is 5.92. The Labute approximate surface area is 173 Å². The van der Waals surface area contributed by atoms with E-state index in [0.29, 0.717) is 17.7 Å². The van der Waals surface area contributed by atoms with E-state index >= 15 is 0 Å². The smallest absolute Gasteiger partial charge is 0.324 e. The standard InChI is InChI=1S/C21H24N4O3S/c26-19-13-23-21(28)25(19)14-15-6-1-2-7-16(15)20(27)22-12-17(18-8-5-11-29-18)24-9-3-4-10-24/h1-2,5-8,11,17H,3-4,9-10,12-14H2,(H,22,27)(H,23,28)/t17-/m0/s1. The van der Waals surface area contributed by atoms with Crippen molar-refractivity contribution in [2.75, 3.05) is 26.2 Å². The monoisotopic (exact) mass is 412 g/mol. The number of carbonyl (C=O) groups is 3. The van der Waals surface area contributed by atoms with Crippen LogP contribution in [-0.2, 0) is 11.3 Å². The number of rotatable bonds is 7. The number of benzene rings is 1. The van der Waals surface area contributed by atoms with Gasteiger partial charge in [0.2, 0.25) is 5.91 Å². The number of amides is 4. The van der Waals surface area contributed by atoms with Crippen molar-refractivity contribution in [1.82, 2.24) is 20.4 Å². The molecule has 1 atom stereocenters. The summed E-state index contributed by atoms with van der Waals surface area (Å²) in [6.45, 7) is 2.71. The van der Waals surface area contributed by atoms with Crippen LogP contribution < -0.4 is 10.6 Å². The van der Waals surface area contributed by atoms with Gasteiger partial charge in [0.15, 0.2) is 0 Å². The molecule has 2 aliphatic heterocycles. The Morgan fingerprint density at radius 3 is 2.62 bits per heavy atom. The first-order valence-corrected chi connectivity index (χ1v) is 10.7. The molecule has 0 aliphatic carbocycles. The molecule has 2 saturated heterocycles. The molecule has 29 heavy (non-hydrogen) atoms. The Bertz CT molecular complexity index is 877. The highest BCUT2D eigenvalue weighted by Gasteiger charge is 2.30. The van der Waals surface area contributed by atoms with E-state index in [4.69, 9.17) is 0 Å². The molecule has 7 nitrogen and oxygen atoms in total. The first kappa shape index (κ1) is 19.6. The average Bonchev–Trinajstić information content (AvgIpc) is 3.49. The molecule has 0 saturated carbocycles. The third-order valence-electron chi connectivity index (χ3n) is 5.44. The lowest BCUT2D eigenvalue weighted by molar-refractivity contribution is -0.125. The summed E-state index contributed by atoms with van der Waals surface area (Å²) in [6.07, 6.45) is 2.37. The van der Waals surface area contributed by atoms with E-state index in [1.54, 1.807) is 29.5 Å². The van der Waals surface area contributed by atoms with Gasteiger partial charge in [0.1, 0.15) is 0 Å². The quantitative estimate of drug-likeness (QED) is 0.684. The number of thiophene rings is 1. The molecule has 152 valence electrons. The first-order chi connectivity index (χ1) is 14.1. The molecule has 2 N–H and O–H groups in total. The first-order valence-electron chi connectivity index (χ1n) is 9.85. The van der Waals surface area contributed by atoms with Crippen molar-refractivity contribution in [3.05, 3.63) is 57.8 Å². The van der Waals surface area contributed by atoms with Crippen LogP contribution in [0.3, 0.4) is 0 Å². The summed E-state index contributed by atoms with van der Waals surface area (Å²) in [5.41, 5.74) is 1.15. The lowest BCUT2D eigenvalue weighted by Crippen LogP contribution is -2.37. The number of hydrogen-bond donors (Lipinski definition) is 2. The molecular formula is C21H24N4O3S. The van der Waals surface area contributed by atoms with Crippen molar-refractivity contribution in [2.24, 2.45) is 0 Å². The van der Waals surface area contributed by atoms with Gasteiger partial charge in [-0.25, -0.2) is 4.79 Å². The maximum atomic E-state index is 13.0. The van der Waals surface area contributed by atoms with Crippen LogP contribution in [0.25, 0.3) is 0 Å². The van der Waals surface area contributed by atoms with Crippen molar-refractivity contribution in [1.29, 1.82) is 0 Å². The minimum atomic E-state index is -0.419. The van der Waals surface area contributed by atoms with E-state index in [2.05, 4.69) is 27.0 Å². The maximum Gasteiger partial charge on any atom is 0.324 e. The fourth-order valence-corrected chi connectivity index (χ4v) is 4.75. The number of carbonyl (C=O) groups excluding carboxylic acids is 3. The normalized spacial score (nSPS) is 18.1. The number of nitrogens with one attached hydrogen (secondary N) is 2. The van der Waals surface area contributed by atoms with Crippen LogP contribution >= 0.6 is 11.3 Å². The number of likely N-dealkylation sites (tertiary alicyclic amines) is 1. The van der Waals surface area contributed by atoms with Crippen molar-refractivity contribution in [3.63, 3.8) is 0 Å². The van der Waals surface area contributed by atoms with Crippen molar-refractivity contribution in [3.8, 4) is 0 Å². The minimum absolute atomic E-state index is 0.00548. The molecule has 0 bridgehead atoms. The number of urea groups is 1. The lowest BCUT2D eigenvalue weighted by Gasteiger charge is -2.27. The summed E-state index contributed by atoms with van der Waals surface area (Å²) in [4.78, 5) is 41.5. The number of hydrogen-bond acceptors (Lipinski definition) is 5. The van der Waals surface area contributed by atoms with Crippen LogP contribution in [0.1, 0.15) is 39.7 Å². The zero-order valence-corrected chi connectivity index (χ0v) is 16.9. The molecule has 8 heteroatoms. The summed E-state index contributed by atoms with van der Waals surface area (Å²) in [5.74, 6) is -0.467. The SMILES string of the molecule is O=C(NC[C@@H](c1cccs1)N1CCCC1)c1ccccc1CN1C(=O)CNC1=O. The highest BCUT2D eigenvalue weighted by atomic mass is 32.1. The second-order valence-corrected chi connectivity index (χ2v) is 8.26. The fourth-order valence-electron chi connectivity index (χ4n) is 3.89. The summed E-state index contributed by atoms with van der Waals surface area (Å²) in [6, 6.07) is 11.0. The van der Waals surface area contributed by atoms with Crippen LogP contribution in [0.2, 0.25) is 0 Å². The summed E-state index contributed by atoms with van der Waals surface area (Å²) in [7, 11) is 0. The van der Waals surface area contributed by atoms with Crippen LogP contribution in [0, 0.1) is 0 Å². The summed E-state index contributed by atoms with van der Waals surface area (Å²) >= 11 is 1.71. The van der Waals surface area contributed by atoms with Crippen LogP contribution in [-0.4, -0.2) is 53.8 Å². The van der Waals surface area contributed by atoms with Gasteiger partial charge in [-0.1, -0.05) is 24.3 Å². The topological polar surface area (TPSA) is 81.8 Å². The van der Waals surface area contributed by atoms with E-state index < -0.39 is 6.03 Å².